The molecule has 4 nitrogen and oxygen atoms in total. The van der Waals surface area contributed by atoms with E-state index in [9.17, 15) is 9.59 Å². The van der Waals surface area contributed by atoms with Gasteiger partial charge in [-0.1, -0.05) is 40.0 Å². The van der Waals surface area contributed by atoms with Crippen LogP contribution in [0.25, 0.3) is 0 Å². The predicted molar refractivity (Wildman–Crippen MR) is 76.7 cm³/mol. The van der Waals surface area contributed by atoms with Gasteiger partial charge in [-0.2, -0.15) is 0 Å². The van der Waals surface area contributed by atoms with Crippen LogP contribution in [0.15, 0.2) is 0 Å². The van der Waals surface area contributed by atoms with E-state index in [2.05, 4.69) is 31.4 Å². The number of hydrogen-bond acceptors (Lipinski definition) is 2. The summed E-state index contributed by atoms with van der Waals surface area (Å²) >= 11 is 0. The fourth-order valence-corrected chi connectivity index (χ4v) is 2.37. The first-order valence-corrected chi connectivity index (χ1v) is 7.49. The van der Waals surface area contributed by atoms with Gasteiger partial charge in [0.15, 0.2) is 0 Å². The van der Waals surface area contributed by atoms with Crippen molar-refractivity contribution >= 4 is 11.8 Å². The summed E-state index contributed by atoms with van der Waals surface area (Å²) in [4.78, 5) is 23.1. The van der Waals surface area contributed by atoms with Gasteiger partial charge in [-0.3, -0.25) is 9.59 Å². The molecule has 2 amide bonds. The standard InChI is InChI=1S/C15H28N2O2/c1-4-5-6-9-15(2,3)11-17-14(19)12-7-8-13(18)16-10-12/h12H,4-11H2,1-3H3,(H,16,18)(H,17,19). The molecule has 0 bridgehead atoms. The SMILES string of the molecule is CCCCCC(C)(C)CNC(=O)C1CCC(=O)NC1. The smallest absolute Gasteiger partial charge is 0.224 e. The molecule has 1 aliphatic heterocycles. The Hall–Kier alpha value is -1.06. The number of amides is 2. The molecule has 2 N–H and O–H groups in total. The molecule has 0 aromatic carbocycles. The van der Waals surface area contributed by atoms with E-state index in [4.69, 9.17) is 0 Å². The highest BCUT2D eigenvalue weighted by Gasteiger charge is 2.26. The fraction of sp³-hybridized carbons (Fsp3) is 0.867. The first-order valence-electron chi connectivity index (χ1n) is 7.49. The van der Waals surface area contributed by atoms with Crippen LogP contribution in [-0.2, 0) is 9.59 Å². The van der Waals surface area contributed by atoms with Crippen molar-refractivity contribution in [3.8, 4) is 0 Å². The Bertz CT molecular complexity index is 303. The van der Waals surface area contributed by atoms with E-state index in [-0.39, 0.29) is 23.1 Å². The number of unbranched alkanes of at least 4 members (excludes halogenated alkanes) is 2. The molecule has 0 radical (unpaired) electrons. The zero-order valence-corrected chi connectivity index (χ0v) is 12.6. The van der Waals surface area contributed by atoms with Crippen molar-refractivity contribution in [2.75, 3.05) is 13.1 Å². The zero-order valence-electron chi connectivity index (χ0n) is 12.6. The van der Waals surface area contributed by atoms with Gasteiger partial charge in [-0.15, -0.1) is 0 Å². The van der Waals surface area contributed by atoms with Gasteiger partial charge in [0.25, 0.3) is 0 Å². The molecule has 1 atom stereocenters. The van der Waals surface area contributed by atoms with Crippen LogP contribution in [0.2, 0.25) is 0 Å². The average Bonchev–Trinajstić information content (AvgIpc) is 2.37. The molecule has 1 rings (SSSR count). The third-order valence-corrected chi connectivity index (χ3v) is 3.83. The van der Waals surface area contributed by atoms with Gasteiger partial charge in [0.1, 0.15) is 0 Å². The van der Waals surface area contributed by atoms with Gasteiger partial charge in [-0.05, 0) is 18.3 Å². The maximum atomic E-state index is 12.0. The summed E-state index contributed by atoms with van der Waals surface area (Å²) in [5.74, 6) is 0.0941. The van der Waals surface area contributed by atoms with Crippen LogP contribution in [0.5, 0.6) is 0 Å². The Balaban J connectivity index is 2.26. The Morgan fingerprint density at radius 2 is 2.16 bits per heavy atom. The molecular weight excluding hydrogens is 240 g/mol. The topological polar surface area (TPSA) is 58.2 Å². The van der Waals surface area contributed by atoms with E-state index in [1.807, 2.05) is 0 Å². The first-order chi connectivity index (χ1) is 8.94. The van der Waals surface area contributed by atoms with Gasteiger partial charge >= 0.3 is 0 Å². The van der Waals surface area contributed by atoms with Crippen LogP contribution in [0.1, 0.15) is 59.3 Å². The molecule has 0 spiro atoms. The molecule has 4 heteroatoms. The molecule has 0 aromatic rings. The Labute approximate surface area is 116 Å². The van der Waals surface area contributed by atoms with E-state index in [1.54, 1.807) is 0 Å². The van der Waals surface area contributed by atoms with Gasteiger partial charge in [0, 0.05) is 19.5 Å². The highest BCUT2D eigenvalue weighted by Crippen LogP contribution is 2.23. The van der Waals surface area contributed by atoms with Crippen LogP contribution in [0.3, 0.4) is 0 Å². The summed E-state index contributed by atoms with van der Waals surface area (Å²) in [6.07, 6.45) is 5.99. The van der Waals surface area contributed by atoms with Gasteiger partial charge in [-0.25, -0.2) is 0 Å². The lowest BCUT2D eigenvalue weighted by Gasteiger charge is -2.27. The summed E-state index contributed by atoms with van der Waals surface area (Å²) < 4.78 is 0. The van der Waals surface area contributed by atoms with Gasteiger partial charge in [0.05, 0.1) is 5.92 Å². The molecule has 1 aliphatic rings. The molecule has 110 valence electrons. The van der Waals surface area contributed by atoms with Crippen LogP contribution >= 0.6 is 0 Å². The van der Waals surface area contributed by atoms with Crippen LogP contribution < -0.4 is 10.6 Å². The number of rotatable bonds is 7. The van der Waals surface area contributed by atoms with Gasteiger partial charge in [0.2, 0.25) is 11.8 Å². The van der Waals surface area contributed by atoms with Crippen molar-refractivity contribution in [2.24, 2.45) is 11.3 Å². The summed E-state index contributed by atoms with van der Waals surface area (Å²) in [7, 11) is 0. The maximum Gasteiger partial charge on any atom is 0.224 e. The summed E-state index contributed by atoms with van der Waals surface area (Å²) in [6, 6.07) is 0. The highest BCUT2D eigenvalue weighted by atomic mass is 16.2. The second-order valence-electron chi connectivity index (χ2n) is 6.38. The van der Waals surface area contributed by atoms with Gasteiger partial charge < -0.3 is 10.6 Å². The van der Waals surface area contributed by atoms with Crippen LogP contribution in [0, 0.1) is 11.3 Å². The van der Waals surface area contributed by atoms with Crippen molar-refractivity contribution in [1.29, 1.82) is 0 Å². The Morgan fingerprint density at radius 3 is 2.74 bits per heavy atom. The fourth-order valence-electron chi connectivity index (χ4n) is 2.37. The van der Waals surface area contributed by atoms with Crippen LogP contribution in [-0.4, -0.2) is 24.9 Å². The Morgan fingerprint density at radius 1 is 1.42 bits per heavy atom. The largest absolute Gasteiger partial charge is 0.355 e. The molecule has 0 saturated carbocycles. The number of carbonyl (C=O) groups excluding carboxylic acids is 2. The number of piperidine rings is 1. The predicted octanol–water partition coefficient (Wildman–Crippen LogP) is 2.24. The first kappa shape index (κ1) is 16.0. The molecule has 1 heterocycles. The maximum absolute atomic E-state index is 12.0. The third-order valence-electron chi connectivity index (χ3n) is 3.83. The number of nitrogens with one attached hydrogen (secondary N) is 2. The molecule has 0 aromatic heterocycles. The minimum atomic E-state index is -0.0517. The lowest BCUT2D eigenvalue weighted by molar-refractivity contribution is -0.129. The summed E-state index contributed by atoms with van der Waals surface area (Å²) in [6.45, 7) is 7.81. The van der Waals surface area contributed by atoms with Crippen molar-refractivity contribution < 1.29 is 9.59 Å². The van der Waals surface area contributed by atoms with Crippen LogP contribution in [0.4, 0.5) is 0 Å². The minimum absolute atomic E-state index is 0.0517. The number of hydrogen-bond donors (Lipinski definition) is 2. The van der Waals surface area contributed by atoms with E-state index in [0.717, 1.165) is 13.0 Å². The van der Waals surface area contributed by atoms with Crippen molar-refractivity contribution in [2.45, 2.75) is 59.3 Å². The van der Waals surface area contributed by atoms with Crippen molar-refractivity contribution in [3.63, 3.8) is 0 Å². The van der Waals surface area contributed by atoms with E-state index >= 15 is 0 Å². The van der Waals surface area contributed by atoms with E-state index in [1.165, 1.54) is 19.3 Å². The molecule has 1 fully saturated rings. The lowest BCUT2D eigenvalue weighted by Crippen LogP contribution is -2.45. The van der Waals surface area contributed by atoms with Crippen molar-refractivity contribution in [1.82, 2.24) is 10.6 Å². The molecule has 1 saturated heterocycles. The second kappa shape index (κ2) is 7.51. The summed E-state index contributed by atoms with van der Waals surface area (Å²) in [5, 5.41) is 5.80. The lowest BCUT2D eigenvalue weighted by atomic mass is 9.86. The molecule has 0 aliphatic carbocycles. The van der Waals surface area contributed by atoms with E-state index in [0.29, 0.717) is 19.4 Å². The molecule has 19 heavy (non-hydrogen) atoms. The molecular formula is C15H28N2O2. The second-order valence-corrected chi connectivity index (χ2v) is 6.38. The normalized spacial score (nSPS) is 19.9. The Kier molecular flexibility index (Phi) is 6.32. The minimum Gasteiger partial charge on any atom is -0.355 e. The quantitative estimate of drug-likeness (QED) is 0.696. The summed E-state index contributed by atoms with van der Waals surface area (Å²) in [5.41, 5.74) is 0.156. The van der Waals surface area contributed by atoms with E-state index < -0.39 is 0 Å². The molecule has 1 unspecified atom stereocenters. The third kappa shape index (κ3) is 6.08. The average molecular weight is 268 g/mol. The monoisotopic (exact) mass is 268 g/mol. The highest BCUT2D eigenvalue weighted by molar-refractivity contribution is 5.83. The zero-order chi connectivity index (χ0) is 14.3. The van der Waals surface area contributed by atoms with Crippen molar-refractivity contribution in [3.05, 3.63) is 0 Å². The number of carbonyl (C=O) groups is 2.